The molecule has 1 aliphatic heterocycles. The fourth-order valence-corrected chi connectivity index (χ4v) is 3.92. The van der Waals surface area contributed by atoms with Gasteiger partial charge in [-0.2, -0.15) is 0 Å². The summed E-state index contributed by atoms with van der Waals surface area (Å²) in [5, 5.41) is 5.60. The Morgan fingerprint density at radius 2 is 2.15 bits per heavy atom. The van der Waals surface area contributed by atoms with Gasteiger partial charge in [0.15, 0.2) is 5.82 Å². The molecule has 20 heavy (non-hydrogen) atoms. The van der Waals surface area contributed by atoms with Crippen LogP contribution in [0.1, 0.15) is 30.5 Å². The Bertz CT molecular complexity index is 564. The summed E-state index contributed by atoms with van der Waals surface area (Å²) >= 11 is 1.80. The lowest BCUT2D eigenvalue weighted by Gasteiger charge is -2.22. The topological polar surface area (TPSA) is 29.9 Å². The van der Waals surface area contributed by atoms with Crippen LogP contribution in [-0.4, -0.2) is 22.6 Å². The van der Waals surface area contributed by atoms with Crippen molar-refractivity contribution in [1.29, 1.82) is 0 Å². The summed E-state index contributed by atoms with van der Waals surface area (Å²) in [4.78, 5) is 6.06. The normalized spacial score (nSPS) is 16.7. The third kappa shape index (κ3) is 2.96. The van der Waals surface area contributed by atoms with Crippen molar-refractivity contribution in [1.82, 2.24) is 14.9 Å². The molecule has 0 unspecified atom stereocenters. The number of hydrogen-bond donors (Lipinski definition) is 1. The van der Waals surface area contributed by atoms with Crippen molar-refractivity contribution in [3.8, 4) is 10.7 Å². The van der Waals surface area contributed by atoms with E-state index in [1.54, 1.807) is 11.3 Å². The van der Waals surface area contributed by atoms with Gasteiger partial charge in [0.1, 0.15) is 0 Å². The first kappa shape index (κ1) is 13.8. The quantitative estimate of drug-likeness (QED) is 0.931. The molecule has 108 valence electrons. The lowest BCUT2D eigenvalue weighted by molar-refractivity contribution is 0.338. The predicted octanol–water partition coefficient (Wildman–Crippen LogP) is 3.62. The second-order valence-corrected chi connectivity index (χ2v) is 6.73. The van der Waals surface area contributed by atoms with Crippen molar-refractivity contribution < 1.29 is 0 Å². The van der Waals surface area contributed by atoms with E-state index in [9.17, 15) is 0 Å². The molecule has 4 heteroatoms. The Morgan fingerprint density at radius 1 is 1.35 bits per heavy atom. The minimum atomic E-state index is 0.872. The molecule has 3 rings (SSSR count). The van der Waals surface area contributed by atoms with Crippen molar-refractivity contribution >= 4 is 11.3 Å². The number of aromatic nitrogens is 2. The molecule has 1 aliphatic rings. The fraction of sp³-hybridized carbons (Fsp3) is 0.562. The van der Waals surface area contributed by atoms with Crippen molar-refractivity contribution in [3.63, 3.8) is 0 Å². The highest BCUT2D eigenvalue weighted by atomic mass is 32.1. The maximum Gasteiger partial charge on any atom is 0.150 e. The van der Waals surface area contributed by atoms with Gasteiger partial charge in [0.2, 0.25) is 0 Å². The van der Waals surface area contributed by atoms with E-state index in [4.69, 9.17) is 4.98 Å². The van der Waals surface area contributed by atoms with Crippen molar-refractivity contribution in [2.75, 3.05) is 13.1 Å². The van der Waals surface area contributed by atoms with Gasteiger partial charge in [-0.05, 0) is 69.1 Å². The molecule has 3 heterocycles. The van der Waals surface area contributed by atoms with Gasteiger partial charge in [0, 0.05) is 12.7 Å². The molecular weight excluding hydrogens is 266 g/mol. The van der Waals surface area contributed by atoms with Crippen LogP contribution < -0.4 is 5.32 Å². The third-order valence-corrected chi connectivity index (χ3v) is 5.21. The van der Waals surface area contributed by atoms with Gasteiger partial charge in [-0.1, -0.05) is 0 Å². The summed E-state index contributed by atoms with van der Waals surface area (Å²) in [6.07, 6.45) is 6.12. The molecule has 0 amide bonds. The molecular formula is C16H23N3S. The van der Waals surface area contributed by atoms with Crippen LogP contribution in [0.25, 0.3) is 10.7 Å². The van der Waals surface area contributed by atoms with Crippen molar-refractivity contribution in [2.24, 2.45) is 5.92 Å². The lowest BCUT2D eigenvalue weighted by Crippen LogP contribution is -2.28. The van der Waals surface area contributed by atoms with Crippen LogP contribution in [0, 0.1) is 19.8 Å². The summed E-state index contributed by atoms with van der Waals surface area (Å²) < 4.78 is 2.36. The second-order valence-electron chi connectivity index (χ2n) is 5.81. The van der Waals surface area contributed by atoms with Gasteiger partial charge < -0.3 is 9.88 Å². The minimum absolute atomic E-state index is 0.872. The summed E-state index contributed by atoms with van der Waals surface area (Å²) in [5.41, 5.74) is 2.46. The van der Waals surface area contributed by atoms with Gasteiger partial charge >= 0.3 is 0 Å². The number of rotatable bonds is 4. The second kappa shape index (κ2) is 6.10. The van der Waals surface area contributed by atoms with E-state index in [1.807, 2.05) is 0 Å². The largest absolute Gasteiger partial charge is 0.330 e. The minimum Gasteiger partial charge on any atom is -0.330 e. The van der Waals surface area contributed by atoms with E-state index in [0.717, 1.165) is 24.0 Å². The number of piperidine rings is 1. The summed E-state index contributed by atoms with van der Waals surface area (Å²) in [6, 6.07) is 2.18. The van der Waals surface area contributed by atoms with Crippen LogP contribution in [0.3, 0.4) is 0 Å². The Labute approximate surface area is 125 Å². The third-order valence-electron chi connectivity index (χ3n) is 4.20. The number of aryl methyl sites for hydroxylation is 3. The molecule has 0 spiro atoms. The van der Waals surface area contributed by atoms with Crippen LogP contribution in [0.4, 0.5) is 0 Å². The van der Waals surface area contributed by atoms with E-state index < -0.39 is 0 Å². The van der Waals surface area contributed by atoms with E-state index in [0.29, 0.717) is 0 Å². The fourth-order valence-electron chi connectivity index (χ4n) is 2.99. The number of hydrogen-bond acceptors (Lipinski definition) is 3. The monoisotopic (exact) mass is 289 g/mol. The zero-order valence-electron chi connectivity index (χ0n) is 12.4. The van der Waals surface area contributed by atoms with E-state index >= 15 is 0 Å². The molecule has 0 saturated carbocycles. The molecule has 2 aromatic heterocycles. The van der Waals surface area contributed by atoms with Gasteiger partial charge in [-0.3, -0.25) is 0 Å². The molecule has 1 N–H and O–H groups in total. The standard InChI is InChI=1S/C16H23N3S/c1-12-6-10-20-15(12)16-18-13(2)11-19(16)9-5-14-3-7-17-8-4-14/h6,10-11,14,17H,3-5,7-9H2,1-2H3. The number of nitrogens with zero attached hydrogens (tertiary/aromatic N) is 2. The zero-order chi connectivity index (χ0) is 13.9. The maximum absolute atomic E-state index is 4.74. The summed E-state index contributed by atoms with van der Waals surface area (Å²) in [6.45, 7) is 7.73. The Balaban J connectivity index is 1.74. The molecule has 1 fully saturated rings. The van der Waals surface area contributed by atoms with Crippen LogP contribution >= 0.6 is 11.3 Å². The first-order valence-electron chi connectivity index (χ1n) is 7.53. The highest BCUT2D eigenvalue weighted by Crippen LogP contribution is 2.29. The van der Waals surface area contributed by atoms with E-state index in [2.05, 4.69) is 41.4 Å². The molecule has 0 aromatic carbocycles. The smallest absolute Gasteiger partial charge is 0.150 e. The first-order valence-corrected chi connectivity index (χ1v) is 8.41. The molecule has 0 bridgehead atoms. The number of imidazole rings is 1. The van der Waals surface area contributed by atoms with E-state index in [-0.39, 0.29) is 0 Å². The van der Waals surface area contributed by atoms with Gasteiger partial charge in [0.25, 0.3) is 0 Å². The van der Waals surface area contributed by atoms with Gasteiger partial charge in [0.05, 0.1) is 10.6 Å². The molecule has 0 atom stereocenters. The molecule has 1 saturated heterocycles. The van der Waals surface area contributed by atoms with Crippen LogP contribution in [0.15, 0.2) is 17.6 Å². The Hall–Kier alpha value is -1.13. The lowest BCUT2D eigenvalue weighted by atomic mass is 9.95. The summed E-state index contributed by atoms with van der Waals surface area (Å²) in [7, 11) is 0. The molecule has 0 aliphatic carbocycles. The van der Waals surface area contributed by atoms with Crippen LogP contribution in [0.2, 0.25) is 0 Å². The summed E-state index contributed by atoms with van der Waals surface area (Å²) in [5.74, 6) is 2.03. The Morgan fingerprint density at radius 3 is 2.85 bits per heavy atom. The molecule has 2 aromatic rings. The number of thiophene rings is 1. The van der Waals surface area contributed by atoms with Crippen molar-refractivity contribution in [3.05, 3.63) is 28.9 Å². The van der Waals surface area contributed by atoms with Crippen LogP contribution in [-0.2, 0) is 6.54 Å². The number of nitrogens with one attached hydrogen (secondary N) is 1. The predicted molar refractivity (Wildman–Crippen MR) is 85.2 cm³/mol. The van der Waals surface area contributed by atoms with Gasteiger partial charge in [-0.15, -0.1) is 11.3 Å². The Kier molecular flexibility index (Phi) is 4.22. The highest BCUT2D eigenvalue weighted by molar-refractivity contribution is 7.13. The maximum atomic E-state index is 4.74. The average Bonchev–Trinajstić information content (AvgIpc) is 3.03. The molecule has 0 radical (unpaired) electrons. The van der Waals surface area contributed by atoms with E-state index in [1.165, 1.54) is 42.8 Å². The van der Waals surface area contributed by atoms with Crippen molar-refractivity contribution in [2.45, 2.75) is 39.7 Å². The first-order chi connectivity index (χ1) is 9.74. The highest BCUT2D eigenvalue weighted by Gasteiger charge is 2.16. The average molecular weight is 289 g/mol. The zero-order valence-corrected chi connectivity index (χ0v) is 13.2. The molecule has 3 nitrogen and oxygen atoms in total. The van der Waals surface area contributed by atoms with Crippen LogP contribution in [0.5, 0.6) is 0 Å². The van der Waals surface area contributed by atoms with Gasteiger partial charge in [-0.25, -0.2) is 4.98 Å². The SMILES string of the molecule is Cc1cn(CCC2CCNCC2)c(-c2sccc2C)n1.